The molecule has 1 aromatic carbocycles. The number of carbonyl (C=O) groups is 14. The zero-order valence-electron chi connectivity index (χ0n) is 67.9. The monoisotopic (exact) mass is 1550 g/mol. The van der Waals surface area contributed by atoms with Gasteiger partial charge < -0.3 is 97.2 Å². The molecule has 0 aliphatic carbocycles. The van der Waals surface area contributed by atoms with E-state index in [0.29, 0.717) is 51.4 Å². The van der Waals surface area contributed by atoms with Crippen molar-refractivity contribution in [2.24, 2.45) is 70.1 Å². The quantitative estimate of drug-likeness (QED) is 0.0411. The van der Waals surface area contributed by atoms with Crippen molar-refractivity contribution in [2.45, 2.75) is 304 Å². The number of nitrogens with zero attached hydrogens (tertiary/aromatic N) is 1. The van der Waals surface area contributed by atoms with E-state index < -0.39 is 186 Å². The summed E-state index contributed by atoms with van der Waals surface area (Å²) in [5.74, 6) is -12.6. The molecule has 2 rings (SSSR count). The molecular formula is C78H137N17O15. The lowest BCUT2D eigenvalue weighted by molar-refractivity contribution is -0.143. The van der Waals surface area contributed by atoms with Crippen LogP contribution in [0.3, 0.4) is 0 Å². The Hall–Kier alpha value is -8.36. The fraction of sp³-hybridized carbons (Fsp3) is 0.744. The molecule has 624 valence electrons. The number of hydrogen-bond acceptors (Lipinski definition) is 18. The molecule has 32 nitrogen and oxygen atoms in total. The highest BCUT2D eigenvalue weighted by molar-refractivity contribution is 6.00. The maximum Gasteiger partial charge on any atom is 0.303 e. The first-order valence-electron chi connectivity index (χ1n) is 39.8. The number of aliphatic carboxylic acids is 1. The predicted octanol–water partition coefficient (Wildman–Crippen LogP) is 1.55. The van der Waals surface area contributed by atoms with E-state index in [-0.39, 0.29) is 120 Å². The molecule has 0 bridgehead atoms. The third-order valence-electron chi connectivity index (χ3n) is 19.2. The van der Waals surface area contributed by atoms with Gasteiger partial charge >= 0.3 is 5.97 Å². The molecule has 0 radical (unpaired) electrons. The highest BCUT2D eigenvalue weighted by atomic mass is 16.4. The summed E-state index contributed by atoms with van der Waals surface area (Å²) in [6.07, 6.45) is 3.32. The minimum absolute atomic E-state index is 0.0117. The third kappa shape index (κ3) is 36.2. The number of primary amides is 1. The molecule has 110 heavy (non-hydrogen) atoms. The van der Waals surface area contributed by atoms with Crippen LogP contribution >= 0.6 is 0 Å². The van der Waals surface area contributed by atoms with E-state index in [1.165, 1.54) is 4.90 Å². The van der Waals surface area contributed by atoms with Crippen molar-refractivity contribution in [3.05, 3.63) is 35.9 Å². The largest absolute Gasteiger partial charge is 0.481 e. The van der Waals surface area contributed by atoms with E-state index in [9.17, 15) is 72.2 Å². The summed E-state index contributed by atoms with van der Waals surface area (Å²) in [5, 5.41) is 40.1. The van der Waals surface area contributed by atoms with E-state index in [1.54, 1.807) is 48.5 Å². The zero-order chi connectivity index (χ0) is 83.1. The molecule has 1 saturated heterocycles. The number of unbranched alkanes of at least 4 members (excludes halogenated alkanes) is 3. The number of carbonyl (C=O) groups excluding carboxylic acids is 13. The van der Waals surface area contributed by atoms with Crippen molar-refractivity contribution in [3.63, 3.8) is 0 Å². The second-order valence-corrected chi connectivity index (χ2v) is 32.0. The molecule has 32 heteroatoms. The molecule has 1 aliphatic heterocycles. The van der Waals surface area contributed by atoms with Gasteiger partial charge in [0.15, 0.2) is 0 Å². The first kappa shape index (κ1) is 97.7. The third-order valence-corrected chi connectivity index (χ3v) is 19.2. The van der Waals surface area contributed by atoms with Gasteiger partial charge in [0.2, 0.25) is 76.8 Å². The lowest BCUT2D eigenvalue weighted by Crippen LogP contribution is -2.62. The Balaban J connectivity index is 2.49. The van der Waals surface area contributed by atoms with Gasteiger partial charge in [-0.1, -0.05) is 134 Å². The van der Waals surface area contributed by atoms with Gasteiger partial charge in [-0.25, -0.2) is 0 Å². The Morgan fingerprint density at radius 3 is 1.15 bits per heavy atom. The zero-order valence-corrected chi connectivity index (χ0v) is 67.9. The van der Waals surface area contributed by atoms with Gasteiger partial charge in [0.25, 0.3) is 0 Å². The van der Waals surface area contributed by atoms with Gasteiger partial charge in [0.1, 0.15) is 72.5 Å². The van der Waals surface area contributed by atoms with Gasteiger partial charge in [-0.3, -0.25) is 67.1 Å². The number of carboxylic acids is 1. The second kappa shape index (κ2) is 51.2. The van der Waals surface area contributed by atoms with Crippen LogP contribution in [0.25, 0.3) is 0 Å². The number of nitrogens with one attached hydrogen (secondary N) is 11. The summed E-state index contributed by atoms with van der Waals surface area (Å²) in [4.78, 5) is 198. The Morgan fingerprint density at radius 1 is 0.427 bits per heavy atom. The van der Waals surface area contributed by atoms with Crippen LogP contribution in [0.5, 0.6) is 0 Å². The van der Waals surface area contributed by atoms with Crippen LogP contribution in [0.2, 0.25) is 0 Å². The summed E-state index contributed by atoms with van der Waals surface area (Å²) in [6, 6.07) is -6.67. The molecule has 0 aromatic heterocycles. The topological polar surface area (TPSA) is 525 Å². The number of amides is 13. The van der Waals surface area contributed by atoms with Crippen LogP contribution in [-0.4, -0.2) is 197 Å². The van der Waals surface area contributed by atoms with Crippen molar-refractivity contribution in [3.8, 4) is 0 Å². The molecule has 13 amide bonds. The number of hydrogen-bond donors (Lipinski definition) is 17. The Labute approximate surface area is 651 Å². The first-order chi connectivity index (χ1) is 51.8. The Bertz CT molecular complexity index is 3100. The highest BCUT2D eigenvalue weighted by Gasteiger charge is 2.42. The average Bonchev–Trinajstić information content (AvgIpc) is 1.57. The van der Waals surface area contributed by atoms with E-state index in [0.717, 1.165) is 5.56 Å². The molecule has 14 atom stereocenters. The number of likely N-dealkylation sites (tertiary alicyclic amines) is 1. The predicted molar refractivity (Wildman–Crippen MR) is 420 cm³/mol. The van der Waals surface area contributed by atoms with Crippen molar-refractivity contribution < 1.29 is 72.2 Å². The smallest absolute Gasteiger partial charge is 0.303 e. The summed E-state index contributed by atoms with van der Waals surface area (Å²) >= 11 is 0. The van der Waals surface area contributed by atoms with Gasteiger partial charge in [0, 0.05) is 13.0 Å². The van der Waals surface area contributed by atoms with E-state index in [2.05, 4.69) is 58.5 Å². The summed E-state index contributed by atoms with van der Waals surface area (Å²) in [7, 11) is 0. The van der Waals surface area contributed by atoms with Crippen molar-refractivity contribution in [1.29, 1.82) is 0 Å². The summed E-state index contributed by atoms with van der Waals surface area (Å²) in [6.45, 7) is 26.2. The van der Waals surface area contributed by atoms with Crippen LogP contribution in [-0.2, 0) is 73.5 Å². The van der Waals surface area contributed by atoms with Crippen molar-refractivity contribution >= 4 is 82.8 Å². The average molecular weight is 1550 g/mol. The first-order valence-corrected chi connectivity index (χ1v) is 39.8. The highest BCUT2D eigenvalue weighted by Crippen LogP contribution is 2.23. The molecule has 1 unspecified atom stereocenters. The second-order valence-electron chi connectivity index (χ2n) is 32.0. The van der Waals surface area contributed by atoms with Crippen LogP contribution in [0, 0.1) is 41.4 Å². The van der Waals surface area contributed by atoms with Crippen LogP contribution < -0.4 is 87.2 Å². The molecule has 1 aliphatic rings. The molecule has 1 heterocycles. The van der Waals surface area contributed by atoms with E-state index in [4.69, 9.17) is 28.7 Å². The van der Waals surface area contributed by atoms with Gasteiger partial charge in [0.05, 0.1) is 6.04 Å². The van der Waals surface area contributed by atoms with Crippen molar-refractivity contribution in [2.75, 3.05) is 26.2 Å². The minimum atomic E-state index is -1.59. The van der Waals surface area contributed by atoms with Gasteiger partial charge in [-0.05, 0) is 182 Å². The molecular weight excluding hydrogens is 1410 g/mol. The molecule has 1 aromatic rings. The number of benzene rings is 1. The van der Waals surface area contributed by atoms with Crippen molar-refractivity contribution in [1.82, 2.24) is 63.4 Å². The number of nitrogens with two attached hydrogens (primary N) is 5. The van der Waals surface area contributed by atoms with Gasteiger partial charge in [-0.2, -0.15) is 0 Å². The van der Waals surface area contributed by atoms with Crippen LogP contribution in [0.15, 0.2) is 30.3 Å². The minimum Gasteiger partial charge on any atom is -0.481 e. The van der Waals surface area contributed by atoms with Crippen LogP contribution in [0.1, 0.15) is 224 Å². The molecule has 0 saturated carbocycles. The SMILES string of the molecule is CCC(C)[C@H](NC(=O)[C@@H]1CCCN1C(=O)[C@H](CC(C)C)NC(=O)[C@@H](N)Cc1ccccc1)C(=O)N[C@H](C(=O)N[C@@H](CCCCN)C(=O)N[C@@H](CCCCN)C(=O)N[C@@H](CC(C)C)C(=O)N[C@@H](CC(C)C)C(=O)N[C@@H](CCC(=O)O)C(=O)N[C@@H](CCCCN)C(=O)N[C@@H](CC(C)C)C(=O)N[C@@H](CC(C)C)C(N)=O)C(C)C. The van der Waals surface area contributed by atoms with E-state index >= 15 is 0 Å². The Kier molecular flexibility index (Phi) is 45.5. The Morgan fingerprint density at radius 2 is 0.773 bits per heavy atom. The molecule has 22 N–H and O–H groups in total. The lowest BCUT2D eigenvalue weighted by Gasteiger charge is -2.32. The lowest BCUT2D eigenvalue weighted by atomic mass is 9.95. The maximum absolute atomic E-state index is 14.7. The number of rotatable bonds is 54. The standard InChI is InChI=1S/C78H137N17O15/c1-15-50(14)65(94-75(107)62-31-25-37-95(62)78(110)61(42-48(10)11)92-67(99)52(82)43-51-26-17-16-18-27-51)77(109)93-64(49(12)13)76(108)87-55(30-21-24-36-81)68(100)84-53(28-19-22-34-79)69(101)90-60(41-47(8)9)74(106)91-58(39-45(4)5)72(104)86-56(32-33-63(96)97)71(103)85-54(29-20-23-35-80)70(102)89-59(40-46(6)7)73(105)88-57(66(83)98)38-44(2)3/h16-18,26-27,44-50,52-62,64-65H,15,19-25,28-43,79-82H2,1-14H3,(H2,83,98)(H,84,100)(H,85,103)(H,86,104)(H,87,108)(H,88,105)(H,89,102)(H,90,101)(H,91,106)(H,92,99)(H,93,109)(H,94,107)(H,96,97)/t50?,52-,53-,54-,55-,56-,57-,58-,59-,60-,61-,62-,64-,65-/m0/s1. The number of carboxylic acid groups (broad SMARTS) is 1. The molecule has 1 fully saturated rings. The van der Waals surface area contributed by atoms with Crippen LogP contribution in [0.4, 0.5) is 0 Å². The fourth-order valence-corrected chi connectivity index (χ4v) is 13.0. The summed E-state index contributed by atoms with van der Waals surface area (Å²) < 4.78 is 0. The normalized spacial score (nSPS) is 16.5. The van der Waals surface area contributed by atoms with Gasteiger partial charge in [-0.15, -0.1) is 0 Å². The molecule has 0 spiro atoms. The maximum atomic E-state index is 14.7. The van der Waals surface area contributed by atoms with E-state index in [1.807, 2.05) is 78.8 Å². The summed E-state index contributed by atoms with van der Waals surface area (Å²) in [5.41, 5.74) is 30.4. The fourth-order valence-electron chi connectivity index (χ4n) is 13.0.